The predicted molar refractivity (Wildman–Crippen MR) is 96.9 cm³/mol. The summed E-state index contributed by atoms with van der Waals surface area (Å²) >= 11 is 0. The number of ketones is 1. The average Bonchev–Trinajstić information content (AvgIpc) is 3.19. The maximum absolute atomic E-state index is 12.5. The number of benzene rings is 1. The van der Waals surface area contributed by atoms with E-state index in [9.17, 15) is 19.5 Å². The number of carboxylic acid groups (broad SMARTS) is 1. The summed E-state index contributed by atoms with van der Waals surface area (Å²) in [4.78, 5) is 38.1. The molecule has 2 atom stereocenters. The number of carbonyl (C=O) groups excluding carboxylic acids is 2. The molecule has 7 nitrogen and oxygen atoms in total. The second-order valence-electron chi connectivity index (χ2n) is 7.28. The summed E-state index contributed by atoms with van der Waals surface area (Å²) in [5.74, 6) is -0.634. The number of carboxylic acids is 1. The molecule has 1 amide bonds. The molecule has 2 fully saturated rings. The number of amides is 1. The molecule has 1 N–H and O–H groups in total. The molecule has 0 radical (unpaired) electrons. The van der Waals surface area contributed by atoms with Crippen molar-refractivity contribution in [2.45, 2.75) is 26.7 Å². The second-order valence-corrected chi connectivity index (χ2v) is 7.28. The number of aliphatic carboxylic acids is 1. The van der Waals surface area contributed by atoms with Crippen LogP contribution < -0.4 is 4.74 Å². The molecule has 27 heavy (non-hydrogen) atoms. The molecule has 1 aromatic rings. The first-order chi connectivity index (χ1) is 12.9. The van der Waals surface area contributed by atoms with E-state index in [2.05, 4.69) is 0 Å². The standard InChI is InChI=1S/C20H25NO6/c1-3-27-17-6-4-14(8-13(17)2)16(22)5-7-18(23)21-9-15-10-26-12-20(15,11-21)19(24)25/h4,6,8,15H,3,5,7,9-12H2,1-2H3,(H,24,25)/t15-,20-/m1/s1. The zero-order chi connectivity index (χ0) is 19.6. The Bertz CT molecular complexity index is 761. The summed E-state index contributed by atoms with van der Waals surface area (Å²) in [5, 5.41) is 9.54. The number of rotatable bonds is 7. The molecule has 0 unspecified atom stereocenters. The molecule has 0 bridgehead atoms. The van der Waals surface area contributed by atoms with Gasteiger partial charge in [-0.3, -0.25) is 14.4 Å². The van der Waals surface area contributed by atoms with Crippen LogP contribution in [0, 0.1) is 18.3 Å². The molecule has 7 heteroatoms. The fourth-order valence-electron chi connectivity index (χ4n) is 3.89. The lowest BCUT2D eigenvalue weighted by molar-refractivity contribution is -0.149. The molecule has 0 aromatic heterocycles. The minimum atomic E-state index is -0.994. The van der Waals surface area contributed by atoms with Gasteiger partial charge >= 0.3 is 5.97 Å². The smallest absolute Gasteiger partial charge is 0.314 e. The highest BCUT2D eigenvalue weighted by atomic mass is 16.5. The third-order valence-electron chi connectivity index (χ3n) is 5.52. The quantitative estimate of drug-likeness (QED) is 0.732. The number of hydrogen-bond donors (Lipinski definition) is 1. The maximum atomic E-state index is 12.5. The van der Waals surface area contributed by atoms with Crippen LogP contribution in [0.15, 0.2) is 18.2 Å². The van der Waals surface area contributed by atoms with Crippen LogP contribution in [-0.2, 0) is 14.3 Å². The van der Waals surface area contributed by atoms with Crippen molar-refractivity contribution in [3.63, 3.8) is 0 Å². The third-order valence-corrected chi connectivity index (χ3v) is 5.52. The van der Waals surface area contributed by atoms with Gasteiger partial charge in [-0.15, -0.1) is 0 Å². The number of likely N-dealkylation sites (tertiary alicyclic amines) is 1. The first-order valence-electron chi connectivity index (χ1n) is 9.23. The molecular formula is C20H25NO6. The zero-order valence-electron chi connectivity index (χ0n) is 15.7. The average molecular weight is 375 g/mol. The van der Waals surface area contributed by atoms with E-state index in [4.69, 9.17) is 9.47 Å². The van der Waals surface area contributed by atoms with E-state index in [-0.39, 0.29) is 43.6 Å². The first kappa shape index (κ1) is 19.4. The Kier molecular flexibility index (Phi) is 5.51. The van der Waals surface area contributed by atoms with Gasteiger partial charge in [0.1, 0.15) is 11.2 Å². The summed E-state index contributed by atoms with van der Waals surface area (Å²) in [6.45, 7) is 5.37. The number of aryl methyl sites for hydroxylation is 1. The van der Waals surface area contributed by atoms with Crippen molar-refractivity contribution in [3.05, 3.63) is 29.3 Å². The Morgan fingerprint density at radius 1 is 1.33 bits per heavy atom. The van der Waals surface area contributed by atoms with Gasteiger partial charge in [-0.1, -0.05) is 0 Å². The van der Waals surface area contributed by atoms with E-state index in [1.54, 1.807) is 23.1 Å². The highest BCUT2D eigenvalue weighted by Crippen LogP contribution is 2.41. The fourth-order valence-corrected chi connectivity index (χ4v) is 3.89. The van der Waals surface area contributed by atoms with Crippen molar-refractivity contribution in [1.29, 1.82) is 0 Å². The molecule has 2 saturated heterocycles. The molecule has 0 spiro atoms. The molecule has 146 valence electrons. The lowest BCUT2D eigenvalue weighted by atomic mass is 9.81. The largest absolute Gasteiger partial charge is 0.494 e. The van der Waals surface area contributed by atoms with Crippen LogP contribution >= 0.6 is 0 Å². The molecular weight excluding hydrogens is 350 g/mol. The molecule has 0 saturated carbocycles. The van der Waals surface area contributed by atoms with E-state index in [1.807, 2.05) is 13.8 Å². The summed E-state index contributed by atoms with van der Waals surface area (Å²) in [7, 11) is 0. The van der Waals surface area contributed by atoms with Crippen LogP contribution in [0.3, 0.4) is 0 Å². The van der Waals surface area contributed by atoms with Gasteiger partial charge in [0.2, 0.25) is 5.91 Å². The number of Topliss-reactive ketones (excluding diaryl/α,β-unsaturated/α-hetero) is 1. The lowest BCUT2D eigenvalue weighted by Gasteiger charge is -2.22. The summed E-state index contributed by atoms with van der Waals surface area (Å²) in [5.41, 5.74) is 0.438. The number of fused-ring (bicyclic) bond motifs is 1. The van der Waals surface area contributed by atoms with Gasteiger partial charge in [-0.25, -0.2) is 0 Å². The van der Waals surface area contributed by atoms with Crippen LogP contribution in [0.5, 0.6) is 5.75 Å². The fraction of sp³-hybridized carbons (Fsp3) is 0.550. The van der Waals surface area contributed by atoms with Gasteiger partial charge in [-0.2, -0.15) is 0 Å². The van der Waals surface area contributed by atoms with Crippen LogP contribution in [0.2, 0.25) is 0 Å². The molecule has 2 aliphatic heterocycles. The van der Waals surface area contributed by atoms with Gasteiger partial charge in [0.15, 0.2) is 5.78 Å². The van der Waals surface area contributed by atoms with Gasteiger partial charge < -0.3 is 19.5 Å². The number of carbonyl (C=O) groups is 3. The van der Waals surface area contributed by atoms with E-state index in [1.165, 1.54) is 0 Å². The van der Waals surface area contributed by atoms with Crippen molar-refractivity contribution in [3.8, 4) is 5.75 Å². The van der Waals surface area contributed by atoms with Crippen molar-refractivity contribution >= 4 is 17.7 Å². The Morgan fingerprint density at radius 2 is 2.11 bits per heavy atom. The van der Waals surface area contributed by atoms with Crippen LogP contribution in [0.4, 0.5) is 0 Å². The second kappa shape index (κ2) is 7.68. The van der Waals surface area contributed by atoms with Crippen molar-refractivity contribution < 1.29 is 29.0 Å². The van der Waals surface area contributed by atoms with Crippen molar-refractivity contribution in [2.75, 3.05) is 32.9 Å². The third kappa shape index (κ3) is 3.69. The van der Waals surface area contributed by atoms with Crippen LogP contribution in [0.1, 0.15) is 35.7 Å². The van der Waals surface area contributed by atoms with Gasteiger partial charge in [-0.05, 0) is 37.6 Å². The molecule has 2 heterocycles. The first-order valence-corrected chi connectivity index (χ1v) is 9.23. The van der Waals surface area contributed by atoms with Crippen molar-refractivity contribution in [2.24, 2.45) is 11.3 Å². The monoisotopic (exact) mass is 375 g/mol. The Balaban J connectivity index is 1.57. The molecule has 1 aromatic carbocycles. The van der Waals surface area contributed by atoms with E-state index in [0.717, 1.165) is 11.3 Å². The minimum absolute atomic E-state index is 0.0777. The van der Waals surface area contributed by atoms with Crippen molar-refractivity contribution in [1.82, 2.24) is 4.90 Å². The van der Waals surface area contributed by atoms with E-state index >= 15 is 0 Å². The number of ether oxygens (including phenoxy) is 2. The van der Waals surface area contributed by atoms with Gasteiger partial charge in [0.05, 0.1) is 19.8 Å². The topological polar surface area (TPSA) is 93.1 Å². The SMILES string of the molecule is CCOc1ccc(C(=O)CCC(=O)N2C[C@@H]3COC[C@]3(C(=O)O)C2)cc1C. The highest BCUT2D eigenvalue weighted by molar-refractivity contribution is 5.98. The number of hydrogen-bond acceptors (Lipinski definition) is 5. The van der Waals surface area contributed by atoms with Crippen LogP contribution in [-0.4, -0.2) is 60.6 Å². The van der Waals surface area contributed by atoms with E-state index in [0.29, 0.717) is 25.3 Å². The van der Waals surface area contributed by atoms with Gasteiger partial charge in [0, 0.05) is 37.4 Å². The molecule has 0 aliphatic carbocycles. The van der Waals surface area contributed by atoms with Gasteiger partial charge in [0.25, 0.3) is 0 Å². The zero-order valence-corrected chi connectivity index (χ0v) is 15.7. The molecule has 3 rings (SSSR count). The predicted octanol–water partition coefficient (Wildman–Crippen LogP) is 1.92. The Labute approximate surface area is 158 Å². The summed E-state index contributed by atoms with van der Waals surface area (Å²) in [6.07, 6.45) is 0.179. The lowest BCUT2D eigenvalue weighted by Crippen LogP contribution is -2.40. The highest BCUT2D eigenvalue weighted by Gasteiger charge is 2.57. The Hall–Kier alpha value is -2.41. The normalized spacial score (nSPS) is 23.9. The maximum Gasteiger partial charge on any atom is 0.314 e. The summed E-state index contributed by atoms with van der Waals surface area (Å²) < 4.78 is 10.8. The van der Waals surface area contributed by atoms with E-state index < -0.39 is 11.4 Å². The van der Waals surface area contributed by atoms with Crippen LogP contribution in [0.25, 0.3) is 0 Å². The summed E-state index contributed by atoms with van der Waals surface area (Å²) in [6, 6.07) is 5.25. The molecule has 2 aliphatic rings. The number of nitrogens with zero attached hydrogens (tertiary/aromatic N) is 1. The Morgan fingerprint density at radius 3 is 2.74 bits per heavy atom. The minimum Gasteiger partial charge on any atom is -0.494 e.